The van der Waals surface area contributed by atoms with Crippen LogP contribution in [0.2, 0.25) is 0 Å². The molecule has 7 nitrogen and oxygen atoms in total. The van der Waals surface area contributed by atoms with Crippen LogP contribution in [0.4, 0.5) is 5.69 Å². The van der Waals surface area contributed by atoms with Crippen LogP contribution in [0, 0.1) is 6.92 Å². The quantitative estimate of drug-likeness (QED) is 0.441. The van der Waals surface area contributed by atoms with Gasteiger partial charge in [0.05, 0.1) is 21.5 Å². The summed E-state index contributed by atoms with van der Waals surface area (Å²) < 4.78 is 52.0. The smallest absolute Gasteiger partial charge is 0.264 e. The van der Waals surface area contributed by atoms with Gasteiger partial charge >= 0.3 is 0 Å². The highest BCUT2D eigenvalue weighted by atomic mass is 79.9. The highest BCUT2D eigenvalue weighted by Crippen LogP contribution is 2.26. The van der Waals surface area contributed by atoms with Crippen LogP contribution in [0.1, 0.15) is 24.1 Å². The molecule has 0 aliphatic carbocycles. The second-order valence-electron chi connectivity index (χ2n) is 7.94. The normalized spacial score (nSPS) is 12.7. The number of sulfonamides is 1. The molecule has 0 aromatic heterocycles. The van der Waals surface area contributed by atoms with Gasteiger partial charge in [-0.05, 0) is 61.9 Å². The Morgan fingerprint density at radius 2 is 1.53 bits per heavy atom. The average molecular weight is 566 g/mol. The standard InChI is InChI=1S/C24H25BrN2O5S2/c1-17-7-11-23(12-8-17)34(31,32)27(21-6-4-5-20(25)15-21)16-24(28)26-18(2)19-9-13-22(14-10-19)33(3,29)30/h4-15,18H,16H2,1-3H3,(H,26,28)/t18-/m0/s1. The number of hydrogen-bond acceptors (Lipinski definition) is 5. The maximum Gasteiger partial charge on any atom is 0.264 e. The number of carbonyl (C=O) groups excluding carboxylic acids is 1. The van der Waals surface area contributed by atoms with Crippen LogP contribution in [0.5, 0.6) is 0 Å². The first-order chi connectivity index (χ1) is 15.9. The molecule has 3 aromatic carbocycles. The zero-order valence-corrected chi connectivity index (χ0v) is 22.1. The van der Waals surface area contributed by atoms with Crippen LogP contribution in [0.3, 0.4) is 0 Å². The predicted octanol–water partition coefficient (Wildman–Crippen LogP) is 4.23. The lowest BCUT2D eigenvalue weighted by molar-refractivity contribution is -0.120. The molecule has 0 aliphatic rings. The molecular weight excluding hydrogens is 540 g/mol. The lowest BCUT2D eigenvalue weighted by Crippen LogP contribution is -2.41. The van der Waals surface area contributed by atoms with E-state index in [1.165, 1.54) is 24.3 Å². The number of aryl methyl sites for hydroxylation is 1. The molecule has 1 amide bonds. The topological polar surface area (TPSA) is 101 Å². The molecule has 0 spiro atoms. The van der Waals surface area contributed by atoms with Crippen LogP contribution >= 0.6 is 15.9 Å². The lowest BCUT2D eigenvalue weighted by atomic mass is 10.1. The molecule has 0 unspecified atom stereocenters. The van der Waals surface area contributed by atoms with E-state index in [1.54, 1.807) is 55.5 Å². The Morgan fingerprint density at radius 1 is 0.941 bits per heavy atom. The SMILES string of the molecule is Cc1ccc(S(=O)(=O)N(CC(=O)N[C@@H](C)c2ccc(S(C)(=O)=O)cc2)c2cccc(Br)c2)cc1. The fraction of sp³-hybridized carbons (Fsp3) is 0.208. The van der Waals surface area contributed by atoms with Gasteiger partial charge in [0.1, 0.15) is 6.54 Å². The van der Waals surface area contributed by atoms with Gasteiger partial charge in [-0.15, -0.1) is 0 Å². The fourth-order valence-electron chi connectivity index (χ4n) is 3.29. The number of halogens is 1. The molecule has 1 atom stereocenters. The summed E-state index contributed by atoms with van der Waals surface area (Å²) >= 11 is 3.35. The average Bonchev–Trinajstić information content (AvgIpc) is 2.77. The van der Waals surface area contributed by atoms with Crippen LogP contribution in [-0.4, -0.2) is 35.5 Å². The van der Waals surface area contributed by atoms with Crippen molar-refractivity contribution < 1.29 is 21.6 Å². The Labute approximate surface area is 208 Å². The first-order valence-electron chi connectivity index (χ1n) is 10.3. The number of rotatable bonds is 8. The van der Waals surface area contributed by atoms with E-state index in [1.807, 2.05) is 6.92 Å². The van der Waals surface area contributed by atoms with E-state index in [-0.39, 0.29) is 9.79 Å². The Bertz CT molecular complexity index is 1390. The maximum atomic E-state index is 13.5. The Kier molecular flexibility index (Phi) is 7.84. The minimum absolute atomic E-state index is 0.0790. The third-order valence-electron chi connectivity index (χ3n) is 5.18. The minimum atomic E-state index is -4.02. The minimum Gasteiger partial charge on any atom is -0.348 e. The maximum absolute atomic E-state index is 13.5. The van der Waals surface area contributed by atoms with Crippen molar-refractivity contribution >= 4 is 47.4 Å². The number of sulfone groups is 1. The second kappa shape index (κ2) is 10.3. The van der Waals surface area contributed by atoms with Crippen molar-refractivity contribution in [3.8, 4) is 0 Å². The lowest BCUT2D eigenvalue weighted by Gasteiger charge is -2.25. The monoisotopic (exact) mass is 564 g/mol. The first kappa shape index (κ1) is 25.9. The van der Waals surface area contributed by atoms with E-state index in [0.717, 1.165) is 16.1 Å². The van der Waals surface area contributed by atoms with Crippen LogP contribution in [-0.2, 0) is 24.7 Å². The summed E-state index contributed by atoms with van der Waals surface area (Å²) in [7, 11) is -7.35. The number of carbonyl (C=O) groups is 1. The van der Waals surface area contributed by atoms with Crippen molar-refractivity contribution in [2.24, 2.45) is 0 Å². The molecule has 3 rings (SSSR count). The number of anilines is 1. The summed E-state index contributed by atoms with van der Waals surface area (Å²) in [4.78, 5) is 13.2. The Morgan fingerprint density at radius 3 is 2.09 bits per heavy atom. The van der Waals surface area contributed by atoms with Gasteiger partial charge in [-0.1, -0.05) is 51.8 Å². The number of amides is 1. The molecular formula is C24H25BrN2O5S2. The largest absolute Gasteiger partial charge is 0.348 e. The van der Waals surface area contributed by atoms with Gasteiger partial charge in [0, 0.05) is 10.7 Å². The zero-order valence-electron chi connectivity index (χ0n) is 18.9. The molecule has 0 radical (unpaired) electrons. The summed E-state index contributed by atoms with van der Waals surface area (Å²) in [6.45, 7) is 3.17. The molecule has 1 N–H and O–H groups in total. The van der Waals surface area contributed by atoms with Gasteiger partial charge in [-0.25, -0.2) is 16.8 Å². The van der Waals surface area contributed by atoms with Crippen molar-refractivity contribution in [1.82, 2.24) is 5.32 Å². The van der Waals surface area contributed by atoms with Gasteiger partial charge in [-0.2, -0.15) is 0 Å². The summed E-state index contributed by atoms with van der Waals surface area (Å²) in [5.41, 5.74) is 1.95. The molecule has 0 bridgehead atoms. The summed E-state index contributed by atoms with van der Waals surface area (Å²) in [5, 5.41) is 2.80. The third kappa shape index (κ3) is 6.25. The zero-order chi connectivity index (χ0) is 25.1. The summed E-state index contributed by atoms with van der Waals surface area (Å²) in [5.74, 6) is -0.504. The Hall–Kier alpha value is -2.69. The molecule has 34 heavy (non-hydrogen) atoms. The molecule has 180 valence electrons. The highest BCUT2D eigenvalue weighted by Gasteiger charge is 2.28. The van der Waals surface area contributed by atoms with E-state index in [4.69, 9.17) is 0 Å². The number of hydrogen-bond donors (Lipinski definition) is 1. The van der Waals surface area contributed by atoms with Gasteiger partial charge < -0.3 is 5.32 Å². The highest BCUT2D eigenvalue weighted by molar-refractivity contribution is 9.10. The molecule has 3 aromatic rings. The molecule has 0 fully saturated rings. The van der Waals surface area contributed by atoms with Gasteiger partial charge in [0.15, 0.2) is 9.84 Å². The summed E-state index contributed by atoms with van der Waals surface area (Å²) in [6, 6.07) is 18.9. The predicted molar refractivity (Wildman–Crippen MR) is 136 cm³/mol. The molecule has 0 saturated heterocycles. The third-order valence-corrected chi connectivity index (χ3v) is 8.59. The van der Waals surface area contributed by atoms with Crippen LogP contribution in [0.25, 0.3) is 0 Å². The van der Waals surface area contributed by atoms with Crippen molar-refractivity contribution in [3.05, 3.63) is 88.4 Å². The van der Waals surface area contributed by atoms with Crippen molar-refractivity contribution in [2.45, 2.75) is 29.7 Å². The van der Waals surface area contributed by atoms with Crippen molar-refractivity contribution in [1.29, 1.82) is 0 Å². The van der Waals surface area contributed by atoms with E-state index < -0.39 is 38.4 Å². The summed E-state index contributed by atoms with van der Waals surface area (Å²) in [6.07, 6.45) is 1.12. The van der Waals surface area contributed by atoms with Crippen LogP contribution in [0.15, 0.2) is 87.1 Å². The number of benzene rings is 3. The van der Waals surface area contributed by atoms with Gasteiger partial charge in [-0.3, -0.25) is 9.10 Å². The Balaban J connectivity index is 1.86. The van der Waals surface area contributed by atoms with Gasteiger partial charge in [0.2, 0.25) is 5.91 Å². The van der Waals surface area contributed by atoms with Crippen LogP contribution < -0.4 is 9.62 Å². The first-order valence-corrected chi connectivity index (χ1v) is 14.4. The molecule has 0 saturated carbocycles. The van der Waals surface area contributed by atoms with Crippen molar-refractivity contribution in [2.75, 3.05) is 17.1 Å². The van der Waals surface area contributed by atoms with E-state index >= 15 is 0 Å². The molecule has 0 aliphatic heterocycles. The fourth-order valence-corrected chi connectivity index (χ4v) is 5.72. The van der Waals surface area contributed by atoms with Crippen molar-refractivity contribution in [3.63, 3.8) is 0 Å². The molecule has 10 heteroatoms. The molecule has 0 heterocycles. The van der Waals surface area contributed by atoms with Gasteiger partial charge in [0.25, 0.3) is 10.0 Å². The number of nitrogens with one attached hydrogen (secondary N) is 1. The second-order valence-corrected chi connectivity index (χ2v) is 12.7. The van der Waals surface area contributed by atoms with E-state index in [2.05, 4.69) is 21.2 Å². The van der Waals surface area contributed by atoms with E-state index in [0.29, 0.717) is 15.7 Å². The van der Waals surface area contributed by atoms with E-state index in [9.17, 15) is 21.6 Å². The number of nitrogens with zero attached hydrogens (tertiary/aromatic N) is 1.